The van der Waals surface area contributed by atoms with Gasteiger partial charge in [0.2, 0.25) is 0 Å². The molecule has 0 bridgehead atoms. The van der Waals surface area contributed by atoms with Crippen molar-refractivity contribution in [3.8, 4) is 0 Å². The van der Waals surface area contributed by atoms with Crippen LogP contribution in [0.3, 0.4) is 0 Å². The van der Waals surface area contributed by atoms with Crippen LogP contribution in [0.15, 0.2) is 42.7 Å². The zero-order valence-electron chi connectivity index (χ0n) is 13.1. The number of carbonyl (C=O) groups excluding carboxylic acids is 1. The van der Waals surface area contributed by atoms with Crippen molar-refractivity contribution >= 4 is 22.5 Å². The van der Waals surface area contributed by atoms with Crippen LogP contribution in [0.2, 0.25) is 0 Å². The predicted molar refractivity (Wildman–Crippen MR) is 84.8 cm³/mol. The van der Waals surface area contributed by atoms with Gasteiger partial charge in [0, 0.05) is 35.5 Å². The number of hydrogen-bond acceptors (Lipinski definition) is 2. The van der Waals surface area contributed by atoms with Crippen LogP contribution in [-0.2, 0) is 12.7 Å². The van der Waals surface area contributed by atoms with Gasteiger partial charge in [-0.3, -0.25) is 9.78 Å². The third kappa shape index (κ3) is 3.33. The van der Waals surface area contributed by atoms with Crippen molar-refractivity contribution in [3.05, 3.63) is 59.8 Å². The van der Waals surface area contributed by atoms with Crippen molar-refractivity contribution in [3.63, 3.8) is 0 Å². The van der Waals surface area contributed by atoms with Crippen molar-refractivity contribution in [2.75, 3.05) is 5.32 Å². The van der Waals surface area contributed by atoms with E-state index in [4.69, 9.17) is 0 Å². The van der Waals surface area contributed by atoms with Crippen molar-refractivity contribution in [2.45, 2.75) is 19.6 Å². The Kier molecular flexibility index (Phi) is 4.20. The van der Waals surface area contributed by atoms with Crippen molar-refractivity contribution in [2.24, 2.45) is 0 Å². The maximum atomic E-state index is 13.5. The highest BCUT2D eigenvalue weighted by molar-refractivity contribution is 6.13. The molecule has 1 aromatic carbocycles. The number of halogens is 4. The second kappa shape index (κ2) is 6.19. The van der Waals surface area contributed by atoms with E-state index in [9.17, 15) is 22.4 Å². The number of rotatable bonds is 3. The SMILES string of the molecule is CCn1cc(C(=O)Nc2ccnc(C(F)(F)F)c2)c2cc(F)ccc21. The summed E-state index contributed by atoms with van der Waals surface area (Å²) in [5.41, 5.74) is -0.296. The summed E-state index contributed by atoms with van der Waals surface area (Å²) < 4.78 is 53.4. The van der Waals surface area contributed by atoms with Crippen LogP contribution < -0.4 is 5.32 Å². The summed E-state index contributed by atoms with van der Waals surface area (Å²) in [6.45, 7) is 2.42. The minimum Gasteiger partial charge on any atom is -0.347 e. The molecule has 0 atom stereocenters. The molecule has 2 aromatic heterocycles. The van der Waals surface area contributed by atoms with E-state index in [1.165, 1.54) is 18.2 Å². The lowest BCUT2D eigenvalue weighted by atomic mass is 10.1. The van der Waals surface area contributed by atoms with E-state index in [0.717, 1.165) is 12.3 Å². The summed E-state index contributed by atoms with van der Waals surface area (Å²) in [4.78, 5) is 15.7. The average Bonchev–Trinajstić information content (AvgIpc) is 2.92. The molecule has 0 saturated carbocycles. The first-order valence-corrected chi connectivity index (χ1v) is 7.42. The number of fused-ring (bicyclic) bond motifs is 1. The minimum atomic E-state index is -4.61. The normalized spacial score (nSPS) is 11.7. The molecule has 0 saturated heterocycles. The van der Waals surface area contributed by atoms with Gasteiger partial charge in [0.1, 0.15) is 11.5 Å². The maximum Gasteiger partial charge on any atom is 0.433 e. The van der Waals surface area contributed by atoms with Crippen LogP contribution in [0, 0.1) is 5.82 Å². The lowest BCUT2D eigenvalue weighted by molar-refractivity contribution is -0.141. The number of nitrogens with one attached hydrogen (secondary N) is 1. The zero-order chi connectivity index (χ0) is 18.2. The molecule has 2 heterocycles. The van der Waals surface area contributed by atoms with Gasteiger partial charge in [0.05, 0.1) is 5.56 Å². The molecule has 0 aliphatic rings. The lowest BCUT2D eigenvalue weighted by Crippen LogP contribution is -2.14. The van der Waals surface area contributed by atoms with E-state index in [1.54, 1.807) is 16.8 Å². The molecule has 1 N–H and O–H groups in total. The molecule has 0 spiro atoms. The predicted octanol–water partition coefficient (Wildman–Crippen LogP) is 4.47. The molecule has 0 radical (unpaired) electrons. The summed E-state index contributed by atoms with van der Waals surface area (Å²) in [6.07, 6.45) is -2.10. The van der Waals surface area contributed by atoms with Gasteiger partial charge in [0.25, 0.3) is 5.91 Å². The second-order valence-corrected chi connectivity index (χ2v) is 5.37. The summed E-state index contributed by atoms with van der Waals surface area (Å²) in [7, 11) is 0. The van der Waals surface area contributed by atoms with E-state index in [2.05, 4.69) is 10.3 Å². The fraction of sp³-hybridized carbons (Fsp3) is 0.176. The first-order chi connectivity index (χ1) is 11.8. The molecule has 0 aliphatic heterocycles. The van der Waals surface area contributed by atoms with Gasteiger partial charge < -0.3 is 9.88 Å². The van der Waals surface area contributed by atoms with Crippen LogP contribution in [0.25, 0.3) is 10.9 Å². The number of amides is 1. The summed E-state index contributed by atoms with van der Waals surface area (Å²) in [5.74, 6) is -1.12. The molecular weight excluding hydrogens is 338 g/mol. The Hall–Kier alpha value is -2.90. The third-order valence-corrected chi connectivity index (χ3v) is 3.74. The largest absolute Gasteiger partial charge is 0.433 e. The molecule has 0 aliphatic carbocycles. The smallest absolute Gasteiger partial charge is 0.347 e. The van der Waals surface area contributed by atoms with Gasteiger partial charge in [-0.2, -0.15) is 13.2 Å². The lowest BCUT2D eigenvalue weighted by Gasteiger charge is -2.08. The van der Waals surface area contributed by atoms with Crippen LogP contribution in [-0.4, -0.2) is 15.5 Å². The van der Waals surface area contributed by atoms with E-state index in [1.807, 2.05) is 6.92 Å². The van der Waals surface area contributed by atoms with Crippen LogP contribution >= 0.6 is 0 Å². The van der Waals surface area contributed by atoms with E-state index in [0.29, 0.717) is 17.4 Å². The third-order valence-electron chi connectivity index (χ3n) is 3.74. The first kappa shape index (κ1) is 16.9. The van der Waals surface area contributed by atoms with E-state index >= 15 is 0 Å². The Morgan fingerprint density at radius 2 is 2.00 bits per heavy atom. The summed E-state index contributed by atoms with van der Waals surface area (Å²) in [6, 6.07) is 6.07. The zero-order valence-corrected chi connectivity index (χ0v) is 13.1. The minimum absolute atomic E-state index is 0.0406. The standard InChI is InChI=1S/C17H13F4N3O/c1-2-24-9-13(12-7-10(18)3-4-14(12)24)16(25)23-11-5-6-22-15(8-11)17(19,20)21/h3-9H,2H2,1H3,(H,22,23,25). The first-order valence-electron chi connectivity index (χ1n) is 7.42. The molecule has 130 valence electrons. The van der Waals surface area contributed by atoms with Crippen LogP contribution in [0.1, 0.15) is 23.0 Å². The quantitative estimate of drug-likeness (QED) is 0.708. The Morgan fingerprint density at radius 3 is 2.68 bits per heavy atom. The van der Waals surface area contributed by atoms with Gasteiger partial charge >= 0.3 is 6.18 Å². The molecule has 0 fully saturated rings. The summed E-state index contributed by atoms with van der Waals surface area (Å²) >= 11 is 0. The average molecular weight is 351 g/mol. The monoisotopic (exact) mass is 351 g/mol. The van der Waals surface area contributed by atoms with Crippen molar-refractivity contribution in [1.29, 1.82) is 0 Å². The number of aromatic nitrogens is 2. The van der Waals surface area contributed by atoms with Gasteiger partial charge in [-0.1, -0.05) is 0 Å². The number of hydrogen-bond donors (Lipinski definition) is 1. The number of carbonyl (C=O) groups is 1. The molecular formula is C17H13F4N3O. The fourth-order valence-electron chi connectivity index (χ4n) is 2.57. The highest BCUT2D eigenvalue weighted by atomic mass is 19.4. The van der Waals surface area contributed by atoms with Gasteiger partial charge in [-0.25, -0.2) is 4.39 Å². The Balaban J connectivity index is 1.97. The highest BCUT2D eigenvalue weighted by Gasteiger charge is 2.32. The Morgan fingerprint density at radius 1 is 1.24 bits per heavy atom. The van der Waals surface area contributed by atoms with Crippen molar-refractivity contribution < 1.29 is 22.4 Å². The number of nitrogens with zero attached hydrogens (tertiary/aromatic N) is 2. The summed E-state index contributed by atoms with van der Waals surface area (Å²) in [5, 5.41) is 2.80. The molecule has 4 nitrogen and oxygen atoms in total. The van der Waals surface area contributed by atoms with Crippen LogP contribution in [0.5, 0.6) is 0 Å². The molecule has 3 rings (SSSR count). The number of aryl methyl sites for hydroxylation is 1. The van der Waals surface area contributed by atoms with Gasteiger partial charge in [0.15, 0.2) is 0 Å². The van der Waals surface area contributed by atoms with Crippen molar-refractivity contribution in [1.82, 2.24) is 9.55 Å². The molecule has 0 unspecified atom stereocenters. The Bertz CT molecular complexity index is 947. The number of alkyl halides is 3. The number of anilines is 1. The number of benzene rings is 1. The maximum absolute atomic E-state index is 13.5. The van der Waals surface area contributed by atoms with Crippen LogP contribution in [0.4, 0.5) is 23.2 Å². The van der Waals surface area contributed by atoms with Gasteiger partial charge in [-0.15, -0.1) is 0 Å². The Labute approximate surface area is 140 Å². The highest BCUT2D eigenvalue weighted by Crippen LogP contribution is 2.29. The molecule has 8 heteroatoms. The molecule has 3 aromatic rings. The molecule has 1 amide bonds. The second-order valence-electron chi connectivity index (χ2n) is 5.37. The van der Waals surface area contributed by atoms with E-state index < -0.39 is 23.6 Å². The molecule has 25 heavy (non-hydrogen) atoms. The van der Waals surface area contributed by atoms with Gasteiger partial charge in [-0.05, 0) is 37.3 Å². The number of pyridine rings is 1. The fourth-order valence-corrected chi connectivity index (χ4v) is 2.57. The van der Waals surface area contributed by atoms with E-state index in [-0.39, 0.29) is 11.3 Å². The topological polar surface area (TPSA) is 46.9 Å².